The molecule has 0 spiro atoms. The lowest BCUT2D eigenvalue weighted by Crippen LogP contribution is -2.24. The van der Waals surface area contributed by atoms with Gasteiger partial charge in [-0.25, -0.2) is 9.89 Å². The van der Waals surface area contributed by atoms with E-state index in [4.69, 9.17) is 5.84 Å². The summed E-state index contributed by atoms with van der Waals surface area (Å²) < 4.78 is 37.6. The highest BCUT2D eigenvalue weighted by Crippen LogP contribution is 2.30. The lowest BCUT2D eigenvalue weighted by atomic mass is 10.1. The number of nitrogens with one attached hydrogen (secondary N) is 1. The van der Waals surface area contributed by atoms with Crippen LogP contribution in [0, 0.1) is 0 Å². The number of alkyl halides is 3. The molecule has 0 bridgehead atoms. The Kier molecular flexibility index (Phi) is 2.41. The van der Waals surface area contributed by atoms with Gasteiger partial charge in [-0.3, -0.25) is 0 Å². The van der Waals surface area contributed by atoms with Crippen LogP contribution in [0.1, 0.15) is 5.56 Å². The Morgan fingerprint density at radius 3 is 2.24 bits per heavy atom. The van der Waals surface area contributed by atoms with E-state index < -0.39 is 17.4 Å². The minimum absolute atomic E-state index is 0.0729. The van der Waals surface area contributed by atoms with Crippen LogP contribution in [0.5, 0.6) is 0 Å². The van der Waals surface area contributed by atoms with Gasteiger partial charge in [0.1, 0.15) is 0 Å². The van der Waals surface area contributed by atoms with Gasteiger partial charge in [-0.15, -0.1) is 0 Å². The van der Waals surface area contributed by atoms with Crippen LogP contribution >= 0.6 is 0 Å². The summed E-state index contributed by atoms with van der Waals surface area (Å²) in [5, 5.41) is 5.69. The molecule has 0 radical (unpaired) electrons. The second-order valence-electron chi connectivity index (χ2n) is 3.30. The van der Waals surface area contributed by atoms with Gasteiger partial charge < -0.3 is 5.84 Å². The number of nitrogen functional groups attached to an aromatic ring is 1. The van der Waals surface area contributed by atoms with Crippen LogP contribution in [-0.2, 0) is 6.18 Å². The molecule has 2 aromatic rings. The number of aromatic amines is 1. The minimum Gasteiger partial charge on any atom is -0.333 e. The molecule has 1 heterocycles. The number of rotatable bonds is 1. The van der Waals surface area contributed by atoms with Crippen molar-refractivity contribution in [3.05, 3.63) is 40.3 Å². The van der Waals surface area contributed by atoms with Crippen LogP contribution in [0.15, 0.2) is 29.1 Å². The summed E-state index contributed by atoms with van der Waals surface area (Å²) >= 11 is 0. The summed E-state index contributed by atoms with van der Waals surface area (Å²) in [6, 6.07) is 4.19. The van der Waals surface area contributed by atoms with Gasteiger partial charge in [0.2, 0.25) is 0 Å². The molecular weight excluding hydrogens is 237 g/mol. The largest absolute Gasteiger partial charge is 0.416 e. The molecular formula is C9H7F3N4O. The average Bonchev–Trinajstić information content (AvgIpc) is 2.59. The third-order valence-electron chi connectivity index (χ3n) is 2.17. The molecule has 90 valence electrons. The van der Waals surface area contributed by atoms with Gasteiger partial charge in [0, 0.05) is 5.56 Å². The Balaban J connectivity index is 2.43. The summed E-state index contributed by atoms with van der Waals surface area (Å²) in [6.45, 7) is 0. The lowest BCUT2D eigenvalue weighted by molar-refractivity contribution is -0.137. The first kappa shape index (κ1) is 11.2. The van der Waals surface area contributed by atoms with Crippen LogP contribution in [0.4, 0.5) is 13.2 Å². The molecule has 1 aromatic carbocycles. The molecule has 0 saturated carbocycles. The van der Waals surface area contributed by atoms with E-state index in [1.165, 1.54) is 12.1 Å². The summed E-state index contributed by atoms with van der Waals surface area (Å²) in [5.41, 5.74) is -1.10. The van der Waals surface area contributed by atoms with Crippen LogP contribution in [0.2, 0.25) is 0 Å². The zero-order valence-corrected chi connectivity index (χ0v) is 8.32. The van der Waals surface area contributed by atoms with Crippen molar-refractivity contribution in [2.75, 3.05) is 5.84 Å². The van der Waals surface area contributed by atoms with Crippen LogP contribution in [0.3, 0.4) is 0 Å². The molecule has 0 fully saturated rings. The highest BCUT2D eigenvalue weighted by molar-refractivity contribution is 5.55. The van der Waals surface area contributed by atoms with E-state index in [0.717, 1.165) is 16.8 Å². The average molecular weight is 244 g/mol. The van der Waals surface area contributed by atoms with Crippen molar-refractivity contribution < 1.29 is 13.2 Å². The first-order valence-electron chi connectivity index (χ1n) is 4.50. The van der Waals surface area contributed by atoms with Crippen molar-refractivity contribution in [1.29, 1.82) is 0 Å². The number of hydrogen-bond donors (Lipinski definition) is 2. The molecule has 0 aliphatic rings. The number of nitrogens with two attached hydrogens (primary N) is 1. The first-order chi connectivity index (χ1) is 7.89. The second kappa shape index (κ2) is 3.65. The van der Waals surface area contributed by atoms with Crippen molar-refractivity contribution in [1.82, 2.24) is 14.9 Å². The normalized spacial score (nSPS) is 11.7. The number of halogens is 3. The molecule has 3 N–H and O–H groups in total. The lowest BCUT2D eigenvalue weighted by Gasteiger charge is -2.06. The van der Waals surface area contributed by atoms with E-state index in [2.05, 4.69) is 10.2 Å². The van der Waals surface area contributed by atoms with Gasteiger partial charge in [-0.05, 0) is 12.1 Å². The maximum Gasteiger partial charge on any atom is 0.416 e. The van der Waals surface area contributed by atoms with E-state index in [1.807, 2.05) is 0 Å². The van der Waals surface area contributed by atoms with Gasteiger partial charge in [0.15, 0.2) is 5.82 Å². The fourth-order valence-electron chi connectivity index (χ4n) is 1.32. The van der Waals surface area contributed by atoms with Crippen LogP contribution < -0.4 is 11.5 Å². The first-order valence-corrected chi connectivity index (χ1v) is 4.50. The van der Waals surface area contributed by atoms with Crippen molar-refractivity contribution in [2.45, 2.75) is 6.18 Å². The molecule has 1 aromatic heterocycles. The zero-order chi connectivity index (χ0) is 12.6. The molecule has 2 rings (SSSR count). The van der Waals surface area contributed by atoms with E-state index in [-0.39, 0.29) is 5.82 Å². The van der Waals surface area contributed by atoms with Gasteiger partial charge in [0.05, 0.1) is 5.56 Å². The topological polar surface area (TPSA) is 76.7 Å². The second-order valence-corrected chi connectivity index (χ2v) is 3.30. The van der Waals surface area contributed by atoms with Crippen molar-refractivity contribution in [3.63, 3.8) is 0 Å². The summed E-state index contributed by atoms with van der Waals surface area (Å²) in [6.07, 6.45) is -4.40. The zero-order valence-electron chi connectivity index (χ0n) is 8.32. The van der Waals surface area contributed by atoms with E-state index in [1.54, 1.807) is 0 Å². The Hall–Kier alpha value is -2.25. The van der Waals surface area contributed by atoms with Crippen molar-refractivity contribution in [3.8, 4) is 11.4 Å². The number of benzene rings is 1. The monoisotopic (exact) mass is 244 g/mol. The fraction of sp³-hybridized carbons (Fsp3) is 0.111. The van der Waals surface area contributed by atoms with Gasteiger partial charge in [-0.2, -0.15) is 22.9 Å². The molecule has 0 unspecified atom stereocenters. The third-order valence-corrected chi connectivity index (χ3v) is 2.17. The standard InChI is InChI=1S/C9H7F3N4O/c10-9(11,12)6-3-1-5(2-4-6)7-14-15-8(17)16(7)13/h1-4H,13H2,(H,15,17). The summed E-state index contributed by atoms with van der Waals surface area (Å²) in [7, 11) is 0. The van der Waals surface area contributed by atoms with Crippen LogP contribution in [0.25, 0.3) is 11.4 Å². The summed E-state index contributed by atoms with van der Waals surface area (Å²) in [5.74, 6) is 5.42. The molecule has 5 nitrogen and oxygen atoms in total. The molecule has 0 aliphatic carbocycles. The molecule has 17 heavy (non-hydrogen) atoms. The number of hydrogen-bond acceptors (Lipinski definition) is 3. The third kappa shape index (κ3) is 2.01. The SMILES string of the molecule is Nn1c(-c2ccc(C(F)(F)F)cc2)n[nH]c1=O. The van der Waals surface area contributed by atoms with Gasteiger partial charge >= 0.3 is 11.9 Å². The van der Waals surface area contributed by atoms with Crippen LogP contribution in [-0.4, -0.2) is 14.9 Å². The van der Waals surface area contributed by atoms with E-state index in [0.29, 0.717) is 5.56 Å². The predicted molar refractivity (Wildman–Crippen MR) is 53.4 cm³/mol. The molecule has 8 heteroatoms. The van der Waals surface area contributed by atoms with Crippen molar-refractivity contribution in [2.24, 2.45) is 0 Å². The molecule has 0 atom stereocenters. The Morgan fingerprint density at radius 1 is 1.24 bits per heavy atom. The number of aromatic nitrogens is 3. The van der Waals surface area contributed by atoms with Gasteiger partial charge in [0.25, 0.3) is 0 Å². The molecule has 0 saturated heterocycles. The maximum absolute atomic E-state index is 12.3. The maximum atomic E-state index is 12.3. The Bertz CT molecular complexity index is 582. The summed E-state index contributed by atoms with van der Waals surface area (Å²) in [4.78, 5) is 11.0. The Labute approximate surface area is 92.6 Å². The molecule has 0 amide bonds. The number of H-pyrrole nitrogens is 1. The fourth-order valence-corrected chi connectivity index (χ4v) is 1.32. The minimum atomic E-state index is -4.40. The quantitative estimate of drug-likeness (QED) is 0.734. The van der Waals surface area contributed by atoms with E-state index >= 15 is 0 Å². The van der Waals surface area contributed by atoms with Gasteiger partial charge in [-0.1, -0.05) is 12.1 Å². The Morgan fingerprint density at radius 2 is 1.82 bits per heavy atom. The van der Waals surface area contributed by atoms with E-state index in [9.17, 15) is 18.0 Å². The number of nitrogens with zero attached hydrogens (tertiary/aromatic N) is 2. The molecule has 0 aliphatic heterocycles. The highest BCUT2D eigenvalue weighted by atomic mass is 19.4. The van der Waals surface area contributed by atoms with Crippen molar-refractivity contribution >= 4 is 0 Å². The highest BCUT2D eigenvalue weighted by Gasteiger charge is 2.30. The predicted octanol–water partition coefficient (Wildman–Crippen LogP) is 0.971. The smallest absolute Gasteiger partial charge is 0.333 e.